The molecule has 4 aromatic rings. The number of rotatable bonds is 8. The molecule has 0 atom stereocenters. The molecule has 0 bridgehead atoms. The minimum absolute atomic E-state index is 0.177. The lowest BCUT2D eigenvalue weighted by molar-refractivity contribution is -0.123. The second-order valence-corrected chi connectivity index (χ2v) is 7.38. The summed E-state index contributed by atoms with van der Waals surface area (Å²) < 4.78 is 25.7. The first kappa shape index (κ1) is 21.8. The molecule has 1 amide bonds. The molecule has 0 saturated carbocycles. The second kappa shape index (κ2) is 9.80. The zero-order valence-corrected chi connectivity index (χ0v) is 18.0. The van der Waals surface area contributed by atoms with Gasteiger partial charge in [-0.3, -0.25) is 4.79 Å². The Bertz CT molecular complexity index is 1250. The van der Waals surface area contributed by atoms with Gasteiger partial charge >= 0.3 is 0 Å². The summed E-state index contributed by atoms with van der Waals surface area (Å²) in [7, 11) is 0. The molecule has 0 radical (unpaired) electrons. The number of halogens is 3. The van der Waals surface area contributed by atoms with Crippen LogP contribution in [0.2, 0.25) is 10.0 Å². The fraction of sp³-hybridized carbons (Fsp3) is 0.143. The molecule has 0 fully saturated rings. The van der Waals surface area contributed by atoms with Gasteiger partial charge in [-0.2, -0.15) is 4.52 Å². The van der Waals surface area contributed by atoms with E-state index in [-0.39, 0.29) is 31.5 Å². The molecule has 0 unspecified atom stereocenters. The molecule has 2 aromatic heterocycles. The summed E-state index contributed by atoms with van der Waals surface area (Å²) >= 11 is 11.9. The molecule has 2 heterocycles. The van der Waals surface area contributed by atoms with Gasteiger partial charge in [-0.15, -0.1) is 15.3 Å². The molecule has 4 rings (SSSR count). The number of fused-ring (bicyclic) bond motifs is 1. The van der Waals surface area contributed by atoms with Gasteiger partial charge in [0.25, 0.3) is 5.91 Å². The second-order valence-electron chi connectivity index (χ2n) is 6.53. The summed E-state index contributed by atoms with van der Waals surface area (Å²) in [5.41, 5.74) is 1.18. The molecule has 0 aliphatic rings. The highest BCUT2D eigenvalue weighted by atomic mass is 35.5. The molecule has 8 nitrogen and oxygen atoms in total. The van der Waals surface area contributed by atoms with Gasteiger partial charge in [0.2, 0.25) is 5.88 Å². The van der Waals surface area contributed by atoms with Gasteiger partial charge in [0.1, 0.15) is 18.2 Å². The Labute approximate surface area is 191 Å². The molecule has 11 heteroatoms. The standard InChI is InChI=1S/C21H16Cl2FN5O3/c22-14-3-6-16(23)17(11-14)32-12-19(30)25-9-10-31-20-8-7-18-26-27-21(29(18)28-20)13-1-4-15(24)5-2-13/h1-8,11H,9-10,12H2,(H,25,30). The van der Waals surface area contributed by atoms with Crippen LogP contribution in [0.1, 0.15) is 0 Å². The highest BCUT2D eigenvalue weighted by Gasteiger charge is 2.11. The normalized spacial score (nSPS) is 10.8. The van der Waals surface area contributed by atoms with E-state index in [1.807, 2.05) is 0 Å². The Morgan fingerprint density at radius 2 is 1.84 bits per heavy atom. The third kappa shape index (κ3) is 5.24. The topological polar surface area (TPSA) is 90.6 Å². The van der Waals surface area contributed by atoms with E-state index in [0.717, 1.165) is 0 Å². The SMILES string of the molecule is O=C(COc1cc(Cl)ccc1Cl)NCCOc1ccc2nnc(-c3ccc(F)cc3)n2n1. The van der Waals surface area contributed by atoms with Crippen molar-refractivity contribution < 1.29 is 18.7 Å². The predicted octanol–water partition coefficient (Wildman–Crippen LogP) is 3.81. The Morgan fingerprint density at radius 3 is 2.66 bits per heavy atom. The molecule has 164 valence electrons. The van der Waals surface area contributed by atoms with Gasteiger partial charge in [-0.25, -0.2) is 4.39 Å². The minimum atomic E-state index is -0.345. The van der Waals surface area contributed by atoms with E-state index in [4.69, 9.17) is 32.7 Å². The first-order valence-corrected chi connectivity index (χ1v) is 10.2. The van der Waals surface area contributed by atoms with Crippen molar-refractivity contribution in [3.63, 3.8) is 0 Å². The van der Waals surface area contributed by atoms with Gasteiger partial charge in [0.05, 0.1) is 11.6 Å². The first-order valence-electron chi connectivity index (χ1n) is 9.45. The average molecular weight is 476 g/mol. The van der Waals surface area contributed by atoms with Crippen molar-refractivity contribution in [1.29, 1.82) is 0 Å². The van der Waals surface area contributed by atoms with Crippen LogP contribution in [0.5, 0.6) is 11.6 Å². The van der Waals surface area contributed by atoms with Crippen LogP contribution in [-0.2, 0) is 4.79 Å². The third-order valence-electron chi connectivity index (χ3n) is 4.27. The lowest BCUT2D eigenvalue weighted by atomic mass is 10.2. The van der Waals surface area contributed by atoms with E-state index in [9.17, 15) is 9.18 Å². The maximum atomic E-state index is 13.2. The fourth-order valence-electron chi connectivity index (χ4n) is 2.76. The van der Waals surface area contributed by atoms with E-state index in [2.05, 4.69) is 20.6 Å². The molecule has 0 aliphatic carbocycles. The first-order chi connectivity index (χ1) is 15.5. The van der Waals surface area contributed by atoms with E-state index in [0.29, 0.717) is 38.7 Å². The Balaban J connectivity index is 1.29. The van der Waals surface area contributed by atoms with Crippen molar-refractivity contribution in [3.05, 3.63) is 70.5 Å². The lowest BCUT2D eigenvalue weighted by Crippen LogP contribution is -2.32. The van der Waals surface area contributed by atoms with Crippen molar-refractivity contribution in [2.45, 2.75) is 0 Å². The summed E-state index contributed by atoms with van der Waals surface area (Å²) in [5, 5.41) is 16.0. The van der Waals surface area contributed by atoms with Crippen LogP contribution in [0.25, 0.3) is 17.0 Å². The van der Waals surface area contributed by atoms with Crippen LogP contribution in [-0.4, -0.2) is 45.5 Å². The zero-order chi connectivity index (χ0) is 22.5. The van der Waals surface area contributed by atoms with Crippen LogP contribution in [0.15, 0.2) is 54.6 Å². The Kier molecular flexibility index (Phi) is 6.67. The highest BCUT2D eigenvalue weighted by Crippen LogP contribution is 2.27. The summed E-state index contributed by atoms with van der Waals surface area (Å²) in [6.07, 6.45) is 0. The number of hydrogen-bond donors (Lipinski definition) is 1. The van der Waals surface area contributed by atoms with Gasteiger partial charge in [-0.1, -0.05) is 23.2 Å². The van der Waals surface area contributed by atoms with Crippen LogP contribution in [0.3, 0.4) is 0 Å². The van der Waals surface area contributed by atoms with Gasteiger partial charge < -0.3 is 14.8 Å². The average Bonchev–Trinajstić information content (AvgIpc) is 3.21. The van der Waals surface area contributed by atoms with E-state index in [1.165, 1.54) is 22.7 Å². The highest BCUT2D eigenvalue weighted by molar-refractivity contribution is 6.34. The summed E-state index contributed by atoms with van der Waals surface area (Å²) in [6.45, 7) is 0.195. The van der Waals surface area contributed by atoms with Crippen molar-refractivity contribution >= 4 is 34.8 Å². The molecule has 0 saturated heterocycles. The number of nitrogens with one attached hydrogen (secondary N) is 1. The molecule has 32 heavy (non-hydrogen) atoms. The number of nitrogens with zero attached hydrogens (tertiary/aromatic N) is 4. The zero-order valence-electron chi connectivity index (χ0n) is 16.5. The van der Waals surface area contributed by atoms with Crippen LogP contribution < -0.4 is 14.8 Å². The van der Waals surface area contributed by atoms with Crippen molar-refractivity contribution in [3.8, 4) is 23.0 Å². The number of carbonyl (C=O) groups is 1. The van der Waals surface area contributed by atoms with Crippen molar-refractivity contribution in [2.75, 3.05) is 19.8 Å². The van der Waals surface area contributed by atoms with Crippen molar-refractivity contribution in [1.82, 2.24) is 25.1 Å². The fourth-order valence-corrected chi connectivity index (χ4v) is 3.09. The van der Waals surface area contributed by atoms with Crippen LogP contribution >= 0.6 is 23.2 Å². The Morgan fingerprint density at radius 1 is 1.03 bits per heavy atom. The Hall–Kier alpha value is -3.43. The predicted molar refractivity (Wildman–Crippen MR) is 117 cm³/mol. The molecule has 2 aromatic carbocycles. The third-order valence-corrected chi connectivity index (χ3v) is 4.81. The quantitative estimate of drug-likeness (QED) is 0.389. The van der Waals surface area contributed by atoms with Gasteiger partial charge in [-0.05, 0) is 42.5 Å². The maximum Gasteiger partial charge on any atom is 0.258 e. The molecular formula is C21H16Cl2FN5O3. The molecule has 0 spiro atoms. The summed E-state index contributed by atoms with van der Waals surface area (Å²) in [6, 6.07) is 14.0. The lowest BCUT2D eigenvalue weighted by Gasteiger charge is -2.10. The summed E-state index contributed by atoms with van der Waals surface area (Å²) in [5.74, 6) is 0.412. The number of ether oxygens (including phenoxy) is 2. The monoisotopic (exact) mass is 475 g/mol. The van der Waals surface area contributed by atoms with Gasteiger partial charge in [0, 0.05) is 22.7 Å². The van der Waals surface area contributed by atoms with Crippen molar-refractivity contribution in [2.24, 2.45) is 0 Å². The van der Waals surface area contributed by atoms with Crippen LogP contribution in [0, 0.1) is 5.82 Å². The van der Waals surface area contributed by atoms with Gasteiger partial charge in [0.15, 0.2) is 18.1 Å². The van der Waals surface area contributed by atoms with E-state index in [1.54, 1.807) is 36.4 Å². The molecular weight excluding hydrogens is 460 g/mol. The minimum Gasteiger partial charge on any atom is -0.482 e. The number of hydrogen-bond acceptors (Lipinski definition) is 6. The van der Waals surface area contributed by atoms with E-state index >= 15 is 0 Å². The summed E-state index contributed by atoms with van der Waals surface area (Å²) in [4.78, 5) is 12.0. The molecule has 0 aliphatic heterocycles. The molecule has 1 N–H and O–H groups in total. The number of amides is 1. The number of aromatic nitrogens is 4. The smallest absolute Gasteiger partial charge is 0.258 e. The maximum absolute atomic E-state index is 13.2. The number of benzene rings is 2. The van der Waals surface area contributed by atoms with Crippen LogP contribution in [0.4, 0.5) is 4.39 Å². The van der Waals surface area contributed by atoms with E-state index < -0.39 is 0 Å². The number of carbonyl (C=O) groups excluding carboxylic acids is 1. The largest absolute Gasteiger partial charge is 0.482 e.